The van der Waals surface area contributed by atoms with Gasteiger partial charge in [-0.15, -0.1) is 0 Å². The van der Waals surface area contributed by atoms with E-state index in [-0.39, 0.29) is 29.6 Å². The molecule has 0 bridgehead atoms. The number of rotatable bonds is 2. The second kappa shape index (κ2) is 27.4. The van der Waals surface area contributed by atoms with Gasteiger partial charge in [0.15, 0.2) is 0 Å². The van der Waals surface area contributed by atoms with Gasteiger partial charge in [0, 0.05) is 0 Å². The normalized spacial score (nSPS) is 18.4. The van der Waals surface area contributed by atoms with Gasteiger partial charge in [-0.1, -0.05) is 60.5 Å². The fourth-order valence-corrected chi connectivity index (χ4v) is 2.81. The first-order valence-corrected chi connectivity index (χ1v) is 12.7. The van der Waals surface area contributed by atoms with Gasteiger partial charge in [0.25, 0.3) is 0 Å². The number of hydrogen-bond donors (Lipinski definition) is 0. The first-order chi connectivity index (χ1) is 18.4. The zero-order valence-electron chi connectivity index (χ0n) is 22.7. The molecule has 11 heteroatoms. The van der Waals surface area contributed by atoms with Crippen LogP contribution < -0.4 is 29.6 Å². The molecular weight excluding hydrogens is 503 g/mol. The minimum absolute atomic E-state index is 0. The van der Waals surface area contributed by atoms with Gasteiger partial charge in [-0.25, -0.2) is 0 Å². The molecule has 2 aromatic rings. The molecule has 10 nitrogen and oxygen atoms in total. The van der Waals surface area contributed by atoms with Crippen LogP contribution >= 0.6 is 0 Å². The Kier molecular flexibility index (Phi) is 25.2. The summed E-state index contributed by atoms with van der Waals surface area (Å²) in [5.41, 5.74) is 0.932. The van der Waals surface area contributed by atoms with Gasteiger partial charge in [-0.3, -0.25) is 0 Å². The number of pyridine rings is 1. The van der Waals surface area contributed by atoms with Crippen molar-refractivity contribution in [2.24, 2.45) is 0 Å². The fourth-order valence-electron chi connectivity index (χ4n) is 2.81. The maximum atomic E-state index is 5.22. The summed E-state index contributed by atoms with van der Waals surface area (Å²) in [5, 5.41) is 4.33. The van der Waals surface area contributed by atoms with E-state index in [1.807, 2.05) is 48.5 Å². The van der Waals surface area contributed by atoms with Crippen LogP contribution in [0.1, 0.15) is 0 Å². The SMILES string of the molecule is C1COCCOCCOCCO1.C1COCCOCCOCCO1.[Na+].c1ccc([N-]c2ccccn2)cc1. The quantitative estimate of drug-likeness (QED) is 0.502. The number of para-hydroxylation sites is 1. The van der Waals surface area contributed by atoms with Crippen molar-refractivity contribution in [1.29, 1.82) is 0 Å². The number of benzene rings is 1. The first kappa shape index (κ1) is 34.9. The number of aromatic nitrogens is 1. The molecule has 3 heterocycles. The number of ether oxygens (including phenoxy) is 8. The zero-order valence-corrected chi connectivity index (χ0v) is 24.7. The molecule has 0 atom stereocenters. The summed E-state index contributed by atoms with van der Waals surface area (Å²) in [6.45, 7) is 10.3. The molecule has 2 saturated heterocycles. The van der Waals surface area contributed by atoms with E-state index in [1.54, 1.807) is 6.20 Å². The number of nitrogens with zero attached hydrogens (tertiary/aromatic N) is 2. The summed E-state index contributed by atoms with van der Waals surface area (Å²) in [5.74, 6) is 0.744. The van der Waals surface area contributed by atoms with Crippen molar-refractivity contribution in [2.45, 2.75) is 0 Å². The third-order valence-electron chi connectivity index (χ3n) is 4.63. The van der Waals surface area contributed by atoms with E-state index in [0.29, 0.717) is 106 Å². The van der Waals surface area contributed by atoms with Gasteiger partial charge >= 0.3 is 29.6 Å². The smallest absolute Gasteiger partial charge is 0.443 e. The Labute approximate surface area is 248 Å². The fraction of sp³-hybridized carbons (Fsp3) is 0.593. The topological polar surface area (TPSA) is 101 Å². The monoisotopic (exact) mass is 544 g/mol. The minimum atomic E-state index is 0. The molecule has 0 saturated carbocycles. The Bertz CT molecular complexity index is 586. The van der Waals surface area contributed by atoms with Gasteiger partial charge in [0.1, 0.15) is 0 Å². The van der Waals surface area contributed by atoms with E-state index < -0.39 is 0 Å². The van der Waals surface area contributed by atoms with Crippen LogP contribution in [0.15, 0.2) is 54.7 Å². The average Bonchev–Trinajstić information content (AvgIpc) is 2.91. The molecule has 0 amide bonds. The molecule has 4 rings (SSSR count). The van der Waals surface area contributed by atoms with Gasteiger partial charge in [-0.05, 0) is 5.69 Å². The van der Waals surface area contributed by atoms with E-state index in [1.165, 1.54) is 0 Å². The Morgan fingerprint density at radius 2 is 0.737 bits per heavy atom. The second-order valence-electron chi connectivity index (χ2n) is 7.53. The van der Waals surface area contributed by atoms with Crippen LogP contribution in [0, 0.1) is 0 Å². The van der Waals surface area contributed by atoms with Crippen molar-refractivity contribution in [3.63, 3.8) is 0 Å². The standard InChI is InChI=1S/C11H9N2.2C8H16O4.Na/c1-2-6-10(7-3-1)13-11-8-4-5-9-12-11;2*1-2-10-5-6-12-8-7-11-4-3-9-1;/h1-9H;2*1-8H2;/q-1;;;+1. The molecular formula is C27H41N2NaO8. The Balaban J connectivity index is 0.000000282. The van der Waals surface area contributed by atoms with Crippen LogP contribution in [0.25, 0.3) is 5.32 Å². The summed E-state index contributed by atoms with van der Waals surface area (Å²) in [6.07, 6.45) is 1.74. The second-order valence-corrected chi connectivity index (χ2v) is 7.53. The Morgan fingerprint density at radius 1 is 0.421 bits per heavy atom. The molecule has 2 fully saturated rings. The number of hydrogen-bond acceptors (Lipinski definition) is 9. The zero-order chi connectivity index (χ0) is 25.9. The molecule has 38 heavy (non-hydrogen) atoms. The maximum Gasteiger partial charge on any atom is 1.00 e. The van der Waals surface area contributed by atoms with Crippen LogP contribution in [-0.2, 0) is 37.9 Å². The van der Waals surface area contributed by atoms with Crippen molar-refractivity contribution in [3.05, 3.63) is 60.0 Å². The molecule has 0 radical (unpaired) electrons. The minimum Gasteiger partial charge on any atom is -0.443 e. The maximum absolute atomic E-state index is 5.22. The van der Waals surface area contributed by atoms with Crippen molar-refractivity contribution in [3.8, 4) is 0 Å². The first-order valence-electron chi connectivity index (χ1n) is 12.7. The predicted molar refractivity (Wildman–Crippen MR) is 140 cm³/mol. The molecule has 0 unspecified atom stereocenters. The predicted octanol–water partition coefficient (Wildman–Crippen LogP) is 0.555. The van der Waals surface area contributed by atoms with Gasteiger partial charge in [0.05, 0.1) is 106 Å². The molecule has 208 valence electrons. The van der Waals surface area contributed by atoms with Gasteiger partial charge in [-0.2, -0.15) is 0 Å². The van der Waals surface area contributed by atoms with Crippen LogP contribution in [0.3, 0.4) is 0 Å². The molecule has 0 aliphatic carbocycles. The van der Waals surface area contributed by atoms with E-state index in [4.69, 9.17) is 37.9 Å². The van der Waals surface area contributed by atoms with Gasteiger partial charge < -0.3 is 48.2 Å². The Morgan fingerprint density at radius 3 is 1.03 bits per heavy atom. The van der Waals surface area contributed by atoms with Gasteiger partial charge in [0.2, 0.25) is 0 Å². The van der Waals surface area contributed by atoms with Crippen molar-refractivity contribution < 1.29 is 67.5 Å². The van der Waals surface area contributed by atoms with Crippen molar-refractivity contribution in [2.75, 3.05) is 106 Å². The summed E-state index contributed by atoms with van der Waals surface area (Å²) < 4.78 is 41.7. The van der Waals surface area contributed by atoms with E-state index in [0.717, 1.165) is 11.5 Å². The molecule has 2 aliphatic rings. The molecule has 1 aromatic heterocycles. The largest absolute Gasteiger partial charge is 1.00 e. The van der Waals surface area contributed by atoms with Crippen LogP contribution in [0.5, 0.6) is 0 Å². The third-order valence-corrected chi connectivity index (χ3v) is 4.63. The van der Waals surface area contributed by atoms with Crippen LogP contribution in [-0.4, -0.2) is 111 Å². The molecule has 0 N–H and O–H groups in total. The molecule has 0 spiro atoms. The summed E-state index contributed by atoms with van der Waals surface area (Å²) in [7, 11) is 0. The average molecular weight is 545 g/mol. The van der Waals surface area contributed by atoms with E-state index in [9.17, 15) is 0 Å². The van der Waals surface area contributed by atoms with Crippen LogP contribution in [0.2, 0.25) is 0 Å². The molecule has 2 aliphatic heterocycles. The summed E-state index contributed by atoms with van der Waals surface area (Å²) in [6, 6.07) is 15.5. The van der Waals surface area contributed by atoms with Crippen molar-refractivity contribution in [1.82, 2.24) is 4.98 Å². The summed E-state index contributed by atoms with van der Waals surface area (Å²) in [4.78, 5) is 4.11. The van der Waals surface area contributed by atoms with E-state index in [2.05, 4.69) is 10.3 Å². The summed E-state index contributed by atoms with van der Waals surface area (Å²) >= 11 is 0. The third kappa shape index (κ3) is 21.7. The Hall–Kier alpha value is -1.15. The van der Waals surface area contributed by atoms with Crippen LogP contribution in [0.4, 0.5) is 11.5 Å². The molecule has 1 aromatic carbocycles. The van der Waals surface area contributed by atoms with E-state index >= 15 is 0 Å². The van der Waals surface area contributed by atoms with Crippen molar-refractivity contribution >= 4 is 11.5 Å².